The summed E-state index contributed by atoms with van der Waals surface area (Å²) in [4.78, 5) is 16.4. The second kappa shape index (κ2) is 5.37. The molecule has 3 nitrogen and oxygen atoms in total. The first kappa shape index (κ1) is 13.3. The zero-order valence-corrected chi connectivity index (χ0v) is 12.5. The van der Waals surface area contributed by atoms with Crippen LogP contribution in [0.2, 0.25) is 0 Å². The molecule has 0 spiro atoms. The van der Waals surface area contributed by atoms with Crippen LogP contribution < -0.4 is 5.32 Å². The van der Waals surface area contributed by atoms with Crippen molar-refractivity contribution in [1.82, 2.24) is 4.98 Å². The van der Waals surface area contributed by atoms with Gasteiger partial charge in [-0.05, 0) is 24.3 Å². The van der Waals surface area contributed by atoms with Crippen molar-refractivity contribution in [3.8, 4) is 11.3 Å². The van der Waals surface area contributed by atoms with Crippen LogP contribution in [-0.4, -0.2) is 10.9 Å². The van der Waals surface area contributed by atoms with Crippen LogP contribution in [0.15, 0.2) is 29.6 Å². The predicted octanol–water partition coefficient (Wildman–Crippen LogP) is 3.97. The minimum atomic E-state index is 0.111. The van der Waals surface area contributed by atoms with Crippen molar-refractivity contribution < 1.29 is 4.79 Å². The van der Waals surface area contributed by atoms with Gasteiger partial charge in [0.25, 0.3) is 0 Å². The summed E-state index contributed by atoms with van der Waals surface area (Å²) in [5.41, 5.74) is 3.34. The molecule has 1 N–H and O–H groups in total. The van der Waals surface area contributed by atoms with Gasteiger partial charge in [-0.15, -0.1) is 11.3 Å². The van der Waals surface area contributed by atoms with E-state index >= 15 is 0 Å². The standard InChI is InChI=1S/C16H18N2OS/c1-3-11-4-6-12(7-5-11)14-9-20-16(17-14)18-15(19)13-8-10(13)2/h4-7,9-10,13H,3,8H2,1-2H3,(H,17,18,19)/t10-,13-/m0/s1. The molecule has 3 rings (SSSR count). The Bertz CT molecular complexity index is 618. The van der Waals surface area contributed by atoms with Crippen LogP contribution in [0, 0.1) is 11.8 Å². The van der Waals surface area contributed by atoms with Crippen molar-refractivity contribution in [3.63, 3.8) is 0 Å². The van der Waals surface area contributed by atoms with E-state index in [0.717, 1.165) is 24.1 Å². The number of carbonyl (C=O) groups is 1. The molecule has 0 bridgehead atoms. The molecule has 1 aliphatic carbocycles. The van der Waals surface area contributed by atoms with Gasteiger partial charge in [-0.3, -0.25) is 4.79 Å². The highest BCUT2D eigenvalue weighted by Crippen LogP contribution is 2.38. The number of rotatable bonds is 4. The van der Waals surface area contributed by atoms with Gasteiger partial charge in [0.05, 0.1) is 5.69 Å². The average molecular weight is 286 g/mol. The van der Waals surface area contributed by atoms with Gasteiger partial charge in [0.1, 0.15) is 0 Å². The number of hydrogen-bond donors (Lipinski definition) is 1. The third-order valence-electron chi connectivity index (χ3n) is 3.84. The minimum Gasteiger partial charge on any atom is -0.302 e. The fourth-order valence-corrected chi connectivity index (χ4v) is 2.98. The highest BCUT2D eigenvalue weighted by atomic mass is 32.1. The molecule has 1 saturated carbocycles. The SMILES string of the molecule is CCc1ccc(-c2csc(NC(=O)[C@H]3C[C@@H]3C)n2)cc1. The highest BCUT2D eigenvalue weighted by Gasteiger charge is 2.39. The van der Waals surface area contributed by atoms with Crippen LogP contribution in [0.25, 0.3) is 11.3 Å². The number of aromatic nitrogens is 1. The maximum Gasteiger partial charge on any atom is 0.229 e. The van der Waals surface area contributed by atoms with Gasteiger partial charge in [-0.1, -0.05) is 38.1 Å². The molecule has 0 unspecified atom stereocenters. The summed E-state index contributed by atoms with van der Waals surface area (Å²) in [5, 5.41) is 5.61. The lowest BCUT2D eigenvalue weighted by atomic mass is 10.1. The average Bonchev–Trinajstić information content (AvgIpc) is 3.02. The third kappa shape index (κ3) is 2.75. The van der Waals surface area contributed by atoms with Crippen LogP contribution >= 0.6 is 11.3 Å². The van der Waals surface area contributed by atoms with Gasteiger partial charge in [0.15, 0.2) is 5.13 Å². The van der Waals surface area contributed by atoms with Crippen molar-refractivity contribution in [2.45, 2.75) is 26.7 Å². The minimum absolute atomic E-state index is 0.111. The molecular formula is C16H18N2OS. The Balaban J connectivity index is 1.70. The van der Waals surface area contributed by atoms with E-state index in [1.807, 2.05) is 5.38 Å². The fraction of sp³-hybridized carbons (Fsp3) is 0.375. The number of amides is 1. The summed E-state index contributed by atoms with van der Waals surface area (Å²) in [5.74, 6) is 0.821. The number of thiazole rings is 1. The summed E-state index contributed by atoms with van der Waals surface area (Å²) in [6.07, 6.45) is 2.04. The molecule has 20 heavy (non-hydrogen) atoms. The molecule has 1 heterocycles. The Morgan fingerprint density at radius 1 is 1.40 bits per heavy atom. The quantitative estimate of drug-likeness (QED) is 0.924. The van der Waals surface area contributed by atoms with Crippen LogP contribution in [0.1, 0.15) is 25.8 Å². The molecule has 1 aliphatic rings. The summed E-state index contributed by atoms with van der Waals surface area (Å²) >= 11 is 1.49. The van der Waals surface area contributed by atoms with Gasteiger partial charge < -0.3 is 5.32 Å². The largest absolute Gasteiger partial charge is 0.302 e. The Kier molecular flexibility index (Phi) is 3.57. The Hall–Kier alpha value is -1.68. The number of nitrogens with zero attached hydrogens (tertiary/aromatic N) is 1. The molecule has 2 atom stereocenters. The molecule has 104 valence electrons. The van der Waals surface area contributed by atoms with Crippen LogP contribution in [0.3, 0.4) is 0 Å². The molecule has 1 amide bonds. The summed E-state index contributed by atoms with van der Waals surface area (Å²) in [6, 6.07) is 8.42. The van der Waals surface area contributed by atoms with Crippen molar-refractivity contribution in [2.75, 3.05) is 5.32 Å². The number of carbonyl (C=O) groups excluding carboxylic acids is 1. The van der Waals surface area contributed by atoms with E-state index in [-0.39, 0.29) is 11.8 Å². The number of aryl methyl sites for hydroxylation is 1. The zero-order chi connectivity index (χ0) is 14.1. The molecule has 1 aromatic carbocycles. The zero-order valence-electron chi connectivity index (χ0n) is 11.7. The maximum atomic E-state index is 11.9. The lowest BCUT2D eigenvalue weighted by Gasteiger charge is -2.00. The van der Waals surface area contributed by atoms with Gasteiger partial charge in [0, 0.05) is 16.9 Å². The summed E-state index contributed by atoms with van der Waals surface area (Å²) in [6.45, 7) is 4.25. The van der Waals surface area contributed by atoms with E-state index in [0.29, 0.717) is 11.0 Å². The highest BCUT2D eigenvalue weighted by molar-refractivity contribution is 7.14. The van der Waals surface area contributed by atoms with Gasteiger partial charge in [-0.25, -0.2) is 4.98 Å². The van der Waals surface area contributed by atoms with Crippen molar-refractivity contribution in [2.24, 2.45) is 11.8 Å². The van der Waals surface area contributed by atoms with Crippen molar-refractivity contribution in [1.29, 1.82) is 0 Å². The molecule has 0 aliphatic heterocycles. The van der Waals surface area contributed by atoms with E-state index < -0.39 is 0 Å². The number of hydrogen-bond acceptors (Lipinski definition) is 3. The van der Waals surface area contributed by atoms with Crippen LogP contribution in [0.5, 0.6) is 0 Å². The number of benzene rings is 1. The van der Waals surface area contributed by atoms with Crippen molar-refractivity contribution >= 4 is 22.4 Å². The Morgan fingerprint density at radius 3 is 2.70 bits per heavy atom. The second-order valence-corrected chi connectivity index (χ2v) is 6.26. The summed E-state index contributed by atoms with van der Waals surface area (Å²) < 4.78 is 0. The number of nitrogens with one attached hydrogen (secondary N) is 1. The molecular weight excluding hydrogens is 268 g/mol. The van der Waals surface area contributed by atoms with Crippen LogP contribution in [0.4, 0.5) is 5.13 Å². The van der Waals surface area contributed by atoms with Gasteiger partial charge in [0.2, 0.25) is 5.91 Å². The first-order valence-electron chi connectivity index (χ1n) is 7.03. The molecule has 2 aromatic rings. The fourth-order valence-electron chi connectivity index (χ4n) is 2.26. The maximum absolute atomic E-state index is 11.9. The Morgan fingerprint density at radius 2 is 2.10 bits per heavy atom. The van der Waals surface area contributed by atoms with Crippen molar-refractivity contribution in [3.05, 3.63) is 35.2 Å². The second-order valence-electron chi connectivity index (χ2n) is 5.40. The van der Waals surface area contributed by atoms with Gasteiger partial charge in [-0.2, -0.15) is 0 Å². The lowest BCUT2D eigenvalue weighted by Crippen LogP contribution is -2.14. The lowest BCUT2D eigenvalue weighted by molar-refractivity contribution is -0.117. The monoisotopic (exact) mass is 286 g/mol. The van der Waals surface area contributed by atoms with E-state index in [1.165, 1.54) is 16.9 Å². The van der Waals surface area contributed by atoms with E-state index in [9.17, 15) is 4.79 Å². The molecule has 4 heteroatoms. The molecule has 0 saturated heterocycles. The first-order valence-corrected chi connectivity index (χ1v) is 7.91. The molecule has 0 radical (unpaired) electrons. The molecule has 1 aromatic heterocycles. The Labute approximate surface area is 123 Å². The number of anilines is 1. The smallest absolute Gasteiger partial charge is 0.229 e. The normalized spacial score (nSPS) is 20.7. The van der Waals surface area contributed by atoms with Crippen LogP contribution in [-0.2, 0) is 11.2 Å². The van der Waals surface area contributed by atoms with Gasteiger partial charge >= 0.3 is 0 Å². The van der Waals surface area contributed by atoms with E-state index in [4.69, 9.17) is 0 Å². The molecule has 1 fully saturated rings. The summed E-state index contributed by atoms with van der Waals surface area (Å²) in [7, 11) is 0. The first-order chi connectivity index (χ1) is 9.67. The van der Waals surface area contributed by atoms with E-state index in [2.05, 4.69) is 48.4 Å². The topological polar surface area (TPSA) is 42.0 Å². The van der Waals surface area contributed by atoms with E-state index in [1.54, 1.807) is 0 Å². The predicted molar refractivity (Wildman–Crippen MR) is 82.8 cm³/mol. The third-order valence-corrected chi connectivity index (χ3v) is 4.60.